The average Bonchev–Trinajstić information content (AvgIpc) is 2.73. The second-order valence-electron chi connectivity index (χ2n) is 6.46. The van der Waals surface area contributed by atoms with Crippen molar-refractivity contribution in [3.05, 3.63) is 103 Å². The Balaban J connectivity index is 1.70. The minimum Gasteiger partial charge on any atom is -0.313 e. The third-order valence-electron chi connectivity index (χ3n) is 4.45. The maximum absolute atomic E-state index is 13.8. The summed E-state index contributed by atoms with van der Waals surface area (Å²) < 4.78 is 13.8. The van der Waals surface area contributed by atoms with Gasteiger partial charge >= 0.3 is 0 Å². The van der Waals surface area contributed by atoms with Crippen molar-refractivity contribution >= 4 is 29.6 Å². The summed E-state index contributed by atoms with van der Waals surface area (Å²) in [5.74, 6) is 0.0313. The minimum absolute atomic E-state index is 0.0313. The van der Waals surface area contributed by atoms with Crippen LogP contribution in [0.3, 0.4) is 0 Å². The fourth-order valence-electron chi connectivity index (χ4n) is 3.02. The molecule has 3 heteroatoms. The second-order valence-corrected chi connectivity index (χ2v) is 9.29. The number of ketones is 1. The van der Waals surface area contributed by atoms with Crippen LogP contribution in [0.5, 0.6) is 0 Å². The Bertz CT molecular complexity index is 888. The van der Waals surface area contributed by atoms with Crippen molar-refractivity contribution in [2.45, 2.75) is 12.8 Å². The number of allylic oxidation sites excluding steroid dienone is 1. The van der Waals surface area contributed by atoms with Gasteiger partial charge in [0.15, 0.2) is 0 Å². The summed E-state index contributed by atoms with van der Waals surface area (Å²) in [6.45, 7) is 0. The van der Waals surface area contributed by atoms with Gasteiger partial charge in [-0.05, 0) is 12.0 Å². The third kappa shape index (κ3) is 5.15. The zero-order valence-electron chi connectivity index (χ0n) is 15.2. The Kier molecular flexibility index (Phi) is 6.57. The summed E-state index contributed by atoms with van der Waals surface area (Å²) in [6, 6.07) is 28.7. The summed E-state index contributed by atoms with van der Waals surface area (Å²) in [4.78, 5) is 12.6. The lowest BCUT2D eigenvalue weighted by atomic mass is 10.1. The smallest absolute Gasteiger partial charge is 0.150 e. The molecule has 0 fully saturated rings. The zero-order valence-corrected chi connectivity index (χ0v) is 16.1. The van der Waals surface area contributed by atoms with E-state index < -0.39 is 7.14 Å². The zero-order chi connectivity index (χ0) is 19.0. The number of carbonyl (C=O) groups excluding carboxylic acids is 1. The number of hydrogen-bond acceptors (Lipinski definition) is 2. The molecule has 0 saturated heterocycles. The molecular formula is C24H23O2P. The maximum Gasteiger partial charge on any atom is 0.150 e. The van der Waals surface area contributed by atoms with E-state index in [1.54, 1.807) is 0 Å². The van der Waals surface area contributed by atoms with Gasteiger partial charge in [-0.3, -0.25) is 4.79 Å². The summed E-state index contributed by atoms with van der Waals surface area (Å²) in [6.07, 6.45) is 5.13. The van der Waals surface area contributed by atoms with Crippen molar-refractivity contribution in [3.63, 3.8) is 0 Å². The molecule has 0 radical (unpaired) electrons. The first kappa shape index (κ1) is 19.1. The highest BCUT2D eigenvalue weighted by Gasteiger charge is 2.29. The molecule has 0 N–H and O–H groups in total. The Labute approximate surface area is 160 Å². The molecule has 3 aromatic carbocycles. The van der Waals surface area contributed by atoms with E-state index in [2.05, 4.69) is 0 Å². The number of Topliss-reactive ketones (excluding diaryl/α,β-unsaturated/α-hetero) is 1. The quantitative estimate of drug-likeness (QED) is 0.516. The lowest BCUT2D eigenvalue weighted by Crippen LogP contribution is -2.22. The van der Waals surface area contributed by atoms with Crippen molar-refractivity contribution in [2.24, 2.45) is 0 Å². The van der Waals surface area contributed by atoms with Gasteiger partial charge in [0.2, 0.25) is 0 Å². The Morgan fingerprint density at radius 1 is 0.741 bits per heavy atom. The summed E-state index contributed by atoms with van der Waals surface area (Å²) in [5.41, 5.74) is 1.11. The monoisotopic (exact) mass is 374 g/mol. The first-order valence-corrected chi connectivity index (χ1v) is 11.0. The third-order valence-corrected chi connectivity index (χ3v) is 7.51. The van der Waals surface area contributed by atoms with Crippen LogP contribution in [0.4, 0.5) is 0 Å². The van der Waals surface area contributed by atoms with Crippen LogP contribution in [0.15, 0.2) is 97.1 Å². The van der Waals surface area contributed by atoms with Crippen LogP contribution in [0.25, 0.3) is 6.08 Å². The van der Waals surface area contributed by atoms with E-state index in [0.29, 0.717) is 12.8 Å². The molecule has 0 amide bonds. The Morgan fingerprint density at radius 3 is 1.74 bits per heavy atom. The van der Waals surface area contributed by atoms with E-state index in [-0.39, 0.29) is 11.9 Å². The van der Waals surface area contributed by atoms with E-state index in [0.717, 1.165) is 16.2 Å². The molecule has 0 heterocycles. The number of carbonyl (C=O) groups is 1. The normalized spacial score (nSPS) is 11.6. The number of benzene rings is 3. The molecule has 136 valence electrons. The summed E-state index contributed by atoms with van der Waals surface area (Å²) >= 11 is 0. The Morgan fingerprint density at radius 2 is 1.22 bits per heavy atom. The minimum atomic E-state index is -2.96. The lowest BCUT2D eigenvalue weighted by Gasteiger charge is -2.18. The molecule has 0 aromatic heterocycles. The molecule has 0 atom stereocenters. The average molecular weight is 374 g/mol. The molecule has 0 bridgehead atoms. The van der Waals surface area contributed by atoms with Crippen LogP contribution >= 0.6 is 7.14 Å². The molecule has 3 aromatic rings. The number of rotatable bonds is 8. The van der Waals surface area contributed by atoms with E-state index in [9.17, 15) is 9.36 Å². The van der Waals surface area contributed by atoms with Gasteiger partial charge in [0.25, 0.3) is 0 Å². The second kappa shape index (κ2) is 9.30. The fraction of sp³-hybridized carbons (Fsp3) is 0.125. The predicted molar refractivity (Wildman–Crippen MR) is 114 cm³/mol. The lowest BCUT2D eigenvalue weighted by molar-refractivity contribution is -0.116. The fourth-order valence-corrected chi connectivity index (χ4v) is 5.65. The molecular weight excluding hydrogens is 351 g/mol. The molecule has 2 nitrogen and oxygen atoms in total. The van der Waals surface area contributed by atoms with Crippen molar-refractivity contribution in [2.75, 3.05) is 6.16 Å². The topological polar surface area (TPSA) is 34.1 Å². The van der Waals surface area contributed by atoms with Gasteiger partial charge in [0, 0.05) is 17.0 Å². The van der Waals surface area contributed by atoms with Gasteiger partial charge < -0.3 is 4.57 Å². The van der Waals surface area contributed by atoms with Crippen LogP contribution in [0, 0.1) is 0 Å². The van der Waals surface area contributed by atoms with Crippen LogP contribution in [0.2, 0.25) is 0 Å². The molecule has 0 aliphatic carbocycles. The molecule has 3 rings (SSSR count). The van der Waals surface area contributed by atoms with E-state index in [1.807, 2.05) is 103 Å². The standard InChI is InChI=1S/C24H23O2P/c25-22(15-11-10-14-21-12-4-1-5-13-21)20-27(26,23-16-6-2-7-17-23)24-18-8-3-9-19-24/h1-10,12-14,16-19H,11,15,20H2/b14-10+. The van der Waals surface area contributed by atoms with E-state index >= 15 is 0 Å². The van der Waals surface area contributed by atoms with Gasteiger partial charge in [-0.25, -0.2) is 0 Å². The van der Waals surface area contributed by atoms with Gasteiger partial charge in [0.05, 0.1) is 6.16 Å². The molecule has 0 saturated carbocycles. The Hall–Kier alpha value is -2.70. The number of hydrogen-bond donors (Lipinski definition) is 0. The predicted octanol–water partition coefficient (Wildman–Crippen LogP) is 5.06. The molecule has 0 spiro atoms. The van der Waals surface area contributed by atoms with Crippen molar-refractivity contribution < 1.29 is 9.36 Å². The molecule has 27 heavy (non-hydrogen) atoms. The SMILES string of the molecule is O=C(CC/C=C/c1ccccc1)CP(=O)(c1ccccc1)c1ccccc1. The first-order valence-electron chi connectivity index (χ1n) is 9.12. The van der Waals surface area contributed by atoms with Gasteiger partial charge in [-0.2, -0.15) is 0 Å². The van der Waals surface area contributed by atoms with Gasteiger partial charge in [0.1, 0.15) is 12.9 Å². The van der Waals surface area contributed by atoms with Gasteiger partial charge in [-0.15, -0.1) is 0 Å². The highest BCUT2D eigenvalue weighted by molar-refractivity contribution is 7.79. The molecule has 0 aliphatic rings. The van der Waals surface area contributed by atoms with Crippen LogP contribution in [-0.2, 0) is 9.36 Å². The molecule has 0 aliphatic heterocycles. The van der Waals surface area contributed by atoms with Crippen molar-refractivity contribution in [1.29, 1.82) is 0 Å². The molecule has 0 unspecified atom stereocenters. The summed E-state index contributed by atoms with van der Waals surface area (Å²) in [7, 11) is -2.96. The highest BCUT2D eigenvalue weighted by Crippen LogP contribution is 2.43. The van der Waals surface area contributed by atoms with Crippen LogP contribution in [0.1, 0.15) is 18.4 Å². The van der Waals surface area contributed by atoms with Crippen LogP contribution < -0.4 is 10.6 Å². The first-order chi connectivity index (χ1) is 13.2. The highest BCUT2D eigenvalue weighted by atomic mass is 31.2. The largest absolute Gasteiger partial charge is 0.313 e. The summed E-state index contributed by atoms with van der Waals surface area (Å²) in [5, 5.41) is 1.48. The van der Waals surface area contributed by atoms with Gasteiger partial charge in [-0.1, -0.05) is 103 Å². The van der Waals surface area contributed by atoms with Crippen molar-refractivity contribution in [1.82, 2.24) is 0 Å². The maximum atomic E-state index is 13.8. The van der Waals surface area contributed by atoms with Crippen molar-refractivity contribution in [3.8, 4) is 0 Å². The van der Waals surface area contributed by atoms with Crippen LogP contribution in [-0.4, -0.2) is 11.9 Å². The van der Waals surface area contributed by atoms with E-state index in [4.69, 9.17) is 0 Å². The van der Waals surface area contributed by atoms with E-state index in [1.165, 1.54) is 0 Å².